The molecule has 0 bridgehead atoms. The zero-order chi connectivity index (χ0) is 11.7. The van der Waals surface area contributed by atoms with Gasteiger partial charge in [-0.25, -0.2) is 4.98 Å². The van der Waals surface area contributed by atoms with Crippen LogP contribution in [-0.4, -0.2) is 15.8 Å². The Morgan fingerprint density at radius 3 is 3.00 bits per heavy atom. The summed E-state index contributed by atoms with van der Waals surface area (Å²) in [5.41, 5.74) is 4.26. The SMILES string of the molecule is O=Cc1cccc(-n2cnc3c2CCCC3)c1. The number of aryl methyl sites for hydroxylation is 1. The number of aromatic nitrogens is 2. The first kappa shape index (κ1) is 10.3. The van der Waals surface area contributed by atoms with Crippen LogP contribution in [0.1, 0.15) is 34.6 Å². The van der Waals surface area contributed by atoms with Crippen LogP contribution in [0.25, 0.3) is 5.69 Å². The topological polar surface area (TPSA) is 34.9 Å². The van der Waals surface area contributed by atoms with Crippen molar-refractivity contribution in [2.45, 2.75) is 25.7 Å². The van der Waals surface area contributed by atoms with Crippen LogP contribution < -0.4 is 0 Å². The number of aldehydes is 1. The summed E-state index contributed by atoms with van der Waals surface area (Å²) < 4.78 is 2.11. The molecule has 0 saturated heterocycles. The van der Waals surface area contributed by atoms with Crippen molar-refractivity contribution >= 4 is 6.29 Å². The van der Waals surface area contributed by atoms with Crippen LogP contribution in [-0.2, 0) is 12.8 Å². The van der Waals surface area contributed by atoms with E-state index < -0.39 is 0 Å². The number of hydrogen-bond donors (Lipinski definition) is 0. The number of carbonyl (C=O) groups is 1. The molecule has 2 aromatic rings. The van der Waals surface area contributed by atoms with E-state index in [1.165, 1.54) is 24.2 Å². The van der Waals surface area contributed by atoms with Gasteiger partial charge in [0.05, 0.1) is 12.0 Å². The van der Waals surface area contributed by atoms with Gasteiger partial charge in [-0.3, -0.25) is 4.79 Å². The van der Waals surface area contributed by atoms with Gasteiger partial charge in [-0.15, -0.1) is 0 Å². The van der Waals surface area contributed by atoms with Gasteiger partial charge in [-0.05, 0) is 37.8 Å². The molecule has 1 aliphatic rings. The second-order valence-electron chi connectivity index (χ2n) is 4.43. The Morgan fingerprint density at radius 1 is 1.24 bits per heavy atom. The minimum Gasteiger partial charge on any atom is -0.303 e. The van der Waals surface area contributed by atoms with E-state index in [1.807, 2.05) is 30.6 Å². The molecule has 3 rings (SSSR count). The molecule has 17 heavy (non-hydrogen) atoms. The molecular formula is C14H14N2O. The highest BCUT2D eigenvalue weighted by Gasteiger charge is 2.15. The van der Waals surface area contributed by atoms with Crippen molar-refractivity contribution in [3.05, 3.63) is 47.5 Å². The maximum Gasteiger partial charge on any atom is 0.150 e. The summed E-state index contributed by atoms with van der Waals surface area (Å²) in [6.45, 7) is 0. The van der Waals surface area contributed by atoms with Gasteiger partial charge in [0.25, 0.3) is 0 Å². The van der Waals surface area contributed by atoms with E-state index >= 15 is 0 Å². The van der Waals surface area contributed by atoms with Crippen LogP contribution >= 0.6 is 0 Å². The molecule has 0 saturated carbocycles. The van der Waals surface area contributed by atoms with Crippen molar-refractivity contribution in [2.75, 3.05) is 0 Å². The van der Waals surface area contributed by atoms with E-state index in [2.05, 4.69) is 9.55 Å². The molecule has 0 spiro atoms. The molecule has 86 valence electrons. The molecule has 3 heteroatoms. The monoisotopic (exact) mass is 226 g/mol. The van der Waals surface area contributed by atoms with Gasteiger partial charge in [0.15, 0.2) is 0 Å². The van der Waals surface area contributed by atoms with Gasteiger partial charge in [-0.2, -0.15) is 0 Å². The van der Waals surface area contributed by atoms with Crippen molar-refractivity contribution < 1.29 is 4.79 Å². The van der Waals surface area contributed by atoms with Crippen molar-refractivity contribution in [2.24, 2.45) is 0 Å². The first-order valence-corrected chi connectivity index (χ1v) is 5.99. The molecule has 1 aliphatic carbocycles. The van der Waals surface area contributed by atoms with Crippen molar-refractivity contribution in [1.82, 2.24) is 9.55 Å². The molecule has 0 radical (unpaired) electrons. The van der Waals surface area contributed by atoms with E-state index in [0.717, 1.165) is 24.8 Å². The van der Waals surface area contributed by atoms with Crippen LogP contribution in [0.3, 0.4) is 0 Å². The third-order valence-electron chi connectivity index (χ3n) is 3.31. The van der Waals surface area contributed by atoms with E-state index in [0.29, 0.717) is 5.56 Å². The Bertz CT molecular complexity index is 557. The van der Waals surface area contributed by atoms with Crippen molar-refractivity contribution in [3.8, 4) is 5.69 Å². The minimum absolute atomic E-state index is 0.709. The summed E-state index contributed by atoms with van der Waals surface area (Å²) in [6, 6.07) is 7.65. The van der Waals surface area contributed by atoms with Crippen molar-refractivity contribution in [3.63, 3.8) is 0 Å². The zero-order valence-corrected chi connectivity index (χ0v) is 9.60. The van der Waals surface area contributed by atoms with Crippen LogP contribution in [0.4, 0.5) is 0 Å². The van der Waals surface area contributed by atoms with E-state index in [1.54, 1.807) is 0 Å². The summed E-state index contributed by atoms with van der Waals surface area (Å²) in [7, 11) is 0. The summed E-state index contributed by atoms with van der Waals surface area (Å²) in [6.07, 6.45) is 7.38. The fourth-order valence-corrected chi connectivity index (χ4v) is 2.44. The standard InChI is InChI=1S/C14H14N2O/c17-9-11-4-3-5-12(8-11)16-10-15-13-6-1-2-7-14(13)16/h3-5,8-10H,1-2,6-7H2. The van der Waals surface area contributed by atoms with E-state index in [-0.39, 0.29) is 0 Å². The molecule has 0 fully saturated rings. The molecule has 0 atom stereocenters. The fourth-order valence-electron chi connectivity index (χ4n) is 2.44. The number of benzene rings is 1. The Kier molecular flexibility index (Phi) is 2.52. The number of nitrogens with zero attached hydrogens (tertiary/aromatic N) is 2. The minimum atomic E-state index is 0.709. The zero-order valence-electron chi connectivity index (χ0n) is 9.60. The third-order valence-corrected chi connectivity index (χ3v) is 3.31. The normalized spacial score (nSPS) is 14.4. The fraction of sp³-hybridized carbons (Fsp3) is 0.286. The first-order chi connectivity index (χ1) is 8.38. The maximum absolute atomic E-state index is 10.8. The Hall–Kier alpha value is -1.90. The predicted octanol–water partition coefficient (Wildman–Crippen LogP) is 2.56. The summed E-state index contributed by atoms with van der Waals surface area (Å²) in [5.74, 6) is 0. The largest absolute Gasteiger partial charge is 0.303 e. The van der Waals surface area contributed by atoms with Gasteiger partial charge in [0, 0.05) is 16.9 Å². The van der Waals surface area contributed by atoms with E-state index in [4.69, 9.17) is 0 Å². The molecule has 0 aliphatic heterocycles. The number of carbonyl (C=O) groups excluding carboxylic acids is 1. The van der Waals surface area contributed by atoms with Crippen molar-refractivity contribution in [1.29, 1.82) is 0 Å². The van der Waals surface area contributed by atoms with Crippen LogP contribution in [0.15, 0.2) is 30.6 Å². The molecule has 1 heterocycles. The molecule has 1 aromatic carbocycles. The highest BCUT2D eigenvalue weighted by Crippen LogP contribution is 2.23. The van der Waals surface area contributed by atoms with Gasteiger partial charge in [0.2, 0.25) is 0 Å². The highest BCUT2D eigenvalue weighted by molar-refractivity contribution is 5.75. The smallest absolute Gasteiger partial charge is 0.150 e. The average Bonchev–Trinajstić information content (AvgIpc) is 2.82. The lowest BCUT2D eigenvalue weighted by Gasteiger charge is -2.14. The van der Waals surface area contributed by atoms with Gasteiger partial charge >= 0.3 is 0 Å². The predicted molar refractivity (Wildman–Crippen MR) is 65.6 cm³/mol. The van der Waals surface area contributed by atoms with Gasteiger partial charge in [-0.1, -0.05) is 12.1 Å². The quantitative estimate of drug-likeness (QED) is 0.738. The highest BCUT2D eigenvalue weighted by atomic mass is 16.1. The number of fused-ring (bicyclic) bond motifs is 1. The first-order valence-electron chi connectivity index (χ1n) is 5.99. The Morgan fingerprint density at radius 2 is 2.12 bits per heavy atom. The summed E-state index contributed by atoms with van der Waals surface area (Å²) in [4.78, 5) is 15.3. The summed E-state index contributed by atoms with van der Waals surface area (Å²) >= 11 is 0. The van der Waals surface area contributed by atoms with Crippen LogP contribution in [0, 0.1) is 0 Å². The number of hydrogen-bond acceptors (Lipinski definition) is 2. The average molecular weight is 226 g/mol. The molecule has 0 unspecified atom stereocenters. The van der Waals surface area contributed by atoms with Gasteiger partial charge < -0.3 is 4.57 Å². The van der Waals surface area contributed by atoms with Crippen LogP contribution in [0.2, 0.25) is 0 Å². The summed E-state index contributed by atoms with van der Waals surface area (Å²) in [5, 5.41) is 0. The second-order valence-corrected chi connectivity index (χ2v) is 4.43. The van der Waals surface area contributed by atoms with Gasteiger partial charge in [0.1, 0.15) is 6.29 Å². The number of rotatable bonds is 2. The molecular weight excluding hydrogens is 212 g/mol. The Labute approximate surface area is 100 Å². The lowest BCUT2D eigenvalue weighted by atomic mass is 10.0. The second kappa shape index (κ2) is 4.17. The van der Waals surface area contributed by atoms with Crippen LogP contribution in [0.5, 0.6) is 0 Å². The number of imidazole rings is 1. The lowest BCUT2D eigenvalue weighted by Crippen LogP contribution is -2.06. The van der Waals surface area contributed by atoms with E-state index in [9.17, 15) is 4.79 Å². The molecule has 3 nitrogen and oxygen atoms in total. The molecule has 0 amide bonds. The Balaban J connectivity index is 2.08. The molecule has 1 aromatic heterocycles. The molecule has 0 N–H and O–H groups in total. The maximum atomic E-state index is 10.8. The third kappa shape index (κ3) is 1.78. The lowest BCUT2D eigenvalue weighted by molar-refractivity contribution is 0.112.